The molecule has 4 heteroatoms. The first-order chi connectivity index (χ1) is 7.74. The molecule has 0 saturated heterocycles. The largest absolute Gasteiger partial charge is 0.385 e. The molecular formula is C12H24N2O2. The summed E-state index contributed by atoms with van der Waals surface area (Å²) in [7, 11) is 1.67. The summed E-state index contributed by atoms with van der Waals surface area (Å²) in [6, 6.07) is 0.463. The van der Waals surface area contributed by atoms with Crippen LogP contribution in [0.3, 0.4) is 0 Å². The van der Waals surface area contributed by atoms with Gasteiger partial charge in [-0.1, -0.05) is 12.8 Å². The van der Waals surface area contributed by atoms with Gasteiger partial charge in [-0.25, -0.2) is 0 Å². The van der Waals surface area contributed by atoms with Crippen molar-refractivity contribution >= 4 is 5.91 Å². The molecule has 2 N–H and O–H groups in total. The molecule has 1 atom stereocenters. The lowest BCUT2D eigenvalue weighted by Crippen LogP contribution is -2.46. The lowest BCUT2D eigenvalue weighted by atomic mass is 10.2. The zero-order valence-corrected chi connectivity index (χ0v) is 10.4. The van der Waals surface area contributed by atoms with Gasteiger partial charge in [0.25, 0.3) is 0 Å². The average molecular weight is 228 g/mol. The number of carbonyl (C=O) groups excluding carboxylic acids is 1. The van der Waals surface area contributed by atoms with Crippen LogP contribution < -0.4 is 10.6 Å². The summed E-state index contributed by atoms with van der Waals surface area (Å²) in [5.41, 5.74) is 0. The van der Waals surface area contributed by atoms with Crippen LogP contribution in [-0.2, 0) is 9.53 Å². The van der Waals surface area contributed by atoms with Crippen molar-refractivity contribution in [2.45, 2.75) is 51.1 Å². The third-order valence-electron chi connectivity index (χ3n) is 3.06. The molecule has 0 aromatic heterocycles. The lowest BCUT2D eigenvalue weighted by molar-refractivity contribution is -0.122. The normalized spacial score (nSPS) is 18.6. The molecule has 0 heterocycles. The first-order valence-electron chi connectivity index (χ1n) is 6.26. The van der Waals surface area contributed by atoms with Crippen LogP contribution in [0.25, 0.3) is 0 Å². The number of methoxy groups -OCH3 is 1. The van der Waals surface area contributed by atoms with E-state index in [1.807, 2.05) is 6.92 Å². The fourth-order valence-electron chi connectivity index (χ4n) is 2.10. The molecule has 0 radical (unpaired) electrons. The quantitative estimate of drug-likeness (QED) is 0.641. The van der Waals surface area contributed by atoms with Gasteiger partial charge in [0.15, 0.2) is 0 Å². The van der Waals surface area contributed by atoms with E-state index in [1.54, 1.807) is 7.11 Å². The van der Waals surface area contributed by atoms with E-state index >= 15 is 0 Å². The molecule has 1 aliphatic carbocycles. The molecule has 0 bridgehead atoms. The standard InChI is InChI=1S/C12H24N2O2/c1-10(14-11-6-3-4-7-11)12(15)13-8-5-9-16-2/h10-11,14H,3-9H2,1-2H3,(H,13,15)/t10-/m1/s1. The van der Waals surface area contributed by atoms with Crippen LogP contribution >= 0.6 is 0 Å². The molecule has 16 heavy (non-hydrogen) atoms. The van der Waals surface area contributed by atoms with E-state index in [9.17, 15) is 4.79 Å². The van der Waals surface area contributed by atoms with E-state index in [-0.39, 0.29) is 11.9 Å². The Balaban J connectivity index is 2.09. The second-order valence-corrected chi connectivity index (χ2v) is 4.51. The Morgan fingerprint density at radius 2 is 2.12 bits per heavy atom. The van der Waals surface area contributed by atoms with Gasteiger partial charge in [0, 0.05) is 26.3 Å². The van der Waals surface area contributed by atoms with Crippen molar-refractivity contribution in [2.24, 2.45) is 0 Å². The first kappa shape index (κ1) is 13.5. The Bertz CT molecular complexity index is 203. The molecule has 0 aromatic rings. The summed E-state index contributed by atoms with van der Waals surface area (Å²) in [4.78, 5) is 11.7. The van der Waals surface area contributed by atoms with Crippen molar-refractivity contribution in [3.8, 4) is 0 Å². The highest BCUT2D eigenvalue weighted by Gasteiger charge is 2.20. The van der Waals surface area contributed by atoms with E-state index in [0.29, 0.717) is 19.2 Å². The molecule has 1 fully saturated rings. The van der Waals surface area contributed by atoms with Crippen molar-refractivity contribution in [3.05, 3.63) is 0 Å². The van der Waals surface area contributed by atoms with E-state index in [0.717, 1.165) is 6.42 Å². The maximum Gasteiger partial charge on any atom is 0.236 e. The third-order valence-corrected chi connectivity index (χ3v) is 3.06. The van der Waals surface area contributed by atoms with Crippen LogP contribution in [0.1, 0.15) is 39.0 Å². The predicted octanol–water partition coefficient (Wildman–Crippen LogP) is 1.06. The smallest absolute Gasteiger partial charge is 0.236 e. The summed E-state index contributed by atoms with van der Waals surface area (Å²) in [6.07, 6.45) is 5.88. The van der Waals surface area contributed by atoms with Gasteiger partial charge >= 0.3 is 0 Å². The molecule has 0 aromatic carbocycles. The van der Waals surface area contributed by atoms with Crippen LogP contribution in [0.5, 0.6) is 0 Å². The van der Waals surface area contributed by atoms with E-state index in [4.69, 9.17) is 4.74 Å². The summed E-state index contributed by atoms with van der Waals surface area (Å²) in [5.74, 6) is 0.100. The Hall–Kier alpha value is -0.610. The zero-order valence-electron chi connectivity index (χ0n) is 10.4. The van der Waals surface area contributed by atoms with Gasteiger partial charge in [0.1, 0.15) is 0 Å². The second kappa shape index (κ2) is 7.63. The minimum Gasteiger partial charge on any atom is -0.385 e. The molecule has 1 rings (SSSR count). The molecule has 1 aliphatic rings. The topological polar surface area (TPSA) is 50.4 Å². The minimum atomic E-state index is -0.0781. The highest BCUT2D eigenvalue weighted by Crippen LogP contribution is 2.17. The van der Waals surface area contributed by atoms with Gasteiger partial charge in [-0.3, -0.25) is 4.79 Å². The molecule has 0 spiro atoms. The summed E-state index contributed by atoms with van der Waals surface area (Å²) < 4.78 is 4.92. The number of nitrogens with one attached hydrogen (secondary N) is 2. The molecule has 1 saturated carbocycles. The average Bonchev–Trinajstić information content (AvgIpc) is 2.76. The Kier molecular flexibility index (Phi) is 6.42. The molecule has 0 aliphatic heterocycles. The third kappa shape index (κ3) is 4.94. The van der Waals surface area contributed by atoms with Crippen LogP contribution in [0.15, 0.2) is 0 Å². The highest BCUT2D eigenvalue weighted by molar-refractivity contribution is 5.81. The van der Waals surface area contributed by atoms with Gasteiger partial charge in [-0.2, -0.15) is 0 Å². The maximum absolute atomic E-state index is 11.7. The van der Waals surface area contributed by atoms with Crippen molar-refractivity contribution < 1.29 is 9.53 Å². The van der Waals surface area contributed by atoms with Crippen molar-refractivity contribution in [1.82, 2.24) is 10.6 Å². The fraction of sp³-hybridized carbons (Fsp3) is 0.917. The van der Waals surface area contributed by atoms with Gasteiger partial charge in [0.05, 0.1) is 6.04 Å². The van der Waals surface area contributed by atoms with Gasteiger partial charge in [-0.05, 0) is 26.2 Å². The Labute approximate surface area is 98.1 Å². The van der Waals surface area contributed by atoms with Crippen molar-refractivity contribution in [2.75, 3.05) is 20.3 Å². The summed E-state index contributed by atoms with van der Waals surface area (Å²) in [6.45, 7) is 3.33. The first-order valence-corrected chi connectivity index (χ1v) is 6.26. The zero-order chi connectivity index (χ0) is 11.8. The number of hydrogen-bond acceptors (Lipinski definition) is 3. The molecule has 94 valence electrons. The maximum atomic E-state index is 11.7. The SMILES string of the molecule is COCCCNC(=O)[C@@H](C)NC1CCCC1. The number of rotatable bonds is 7. The Morgan fingerprint density at radius 1 is 1.44 bits per heavy atom. The van der Waals surface area contributed by atoms with Gasteiger partial charge in [0.2, 0.25) is 5.91 Å². The van der Waals surface area contributed by atoms with Gasteiger partial charge in [-0.15, -0.1) is 0 Å². The minimum absolute atomic E-state index is 0.0781. The van der Waals surface area contributed by atoms with Crippen LogP contribution in [0, 0.1) is 0 Å². The van der Waals surface area contributed by atoms with Gasteiger partial charge < -0.3 is 15.4 Å². The number of carbonyl (C=O) groups is 1. The van der Waals surface area contributed by atoms with E-state index < -0.39 is 0 Å². The Morgan fingerprint density at radius 3 is 2.75 bits per heavy atom. The van der Waals surface area contributed by atoms with Crippen molar-refractivity contribution in [3.63, 3.8) is 0 Å². The van der Waals surface area contributed by atoms with E-state index in [2.05, 4.69) is 10.6 Å². The van der Waals surface area contributed by atoms with Crippen molar-refractivity contribution in [1.29, 1.82) is 0 Å². The van der Waals surface area contributed by atoms with Crippen LogP contribution in [0.2, 0.25) is 0 Å². The van der Waals surface area contributed by atoms with Crippen LogP contribution in [0.4, 0.5) is 0 Å². The number of hydrogen-bond donors (Lipinski definition) is 2. The molecule has 1 amide bonds. The fourth-order valence-corrected chi connectivity index (χ4v) is 2.10. The lowest BCUT2D eigenvalue weighted by Gasteiger charge is -2.18. The molecular weight excluding hydrogens is 204 g/mol. The summed E-state index contributed by atoms with van der Waals surface area (Å²) >= 11 is 0. The van der Waals surface area contributed by atoms with E-state index in [1.165, 1.54) is 25.7 Å². The number of ether oxygens (including phenoxy) is 1. The number of amides is 1. The summed E-state index contributed by atoms with van der Waals surface area (Å²) in [5, 5.41) is 6.29. The molecule has 0 unspecified atom stereocenters. The highest BCUT2D eigenvalue weighted by atomic mass is 16.5. The van der Waals surface area contributed by atoms with Crippen LogP contribution in [-0.4, -0.2) is 38.3 Å². The molecule has 4 nitrogen and oxygen atoms in total. The predicted molar refractivity (Wildman–Crippen MR) is 64.4 cm³/mol. The second-order valence-electron chi connectivity index (χ2n) is 4.51. The monoisotopic (exact) mass is 228 g/mol.